The number of carbonyl (C=O) groups excluding carboxylic acids is 2. The van der Waals surface area contributed by atoms with Gasteiger partial charge in [0.15, 0.2) is 0 Å². The van der Waals surface area contributed by atoms with E-state index in [9.17, 15) is 9.59 Å². The highest BCUT2D eigenvalue weighted by Crippen LogP contribution is 2.28. The number of carbonyl (C=O) groups is 2. The zero-order valence-corrected chi connectivity index (χ0v) is 15.5. The lowest BCUT2D eigenvalue weighted by Crippen LogP contribution is -2.14. The molecule has 0 atom stereocenters. The second-order valence-electron chi connectivity index (χ2n) is 4.90. The molecule has 126 valence electrons. The van der Waals surface area contributed by atoms with Crippen LogP contribution in [0.5, 0.6) is 5.75 Å². The van der Waals surface area contributed by atoms with Crippen LogP contribution in [0, 0.1) is 0 Å². The summed E-state index contributed by atoms with van der Waals surface area (Å²) >= 11 is 9.47. The molecule has 2 amide bonds. The molecule has 2 aromatic carbocycles. The quantitative estimate of drug-likeness (QED) is 0.748. The number of methoxy groups -OCH3 is 1. The molecule has 24 heavy (non-hydrogen) atoms. The molecule has 0 bridgehead atoms. The third-order valence-corrected chi connectivity index (χ3v) is 4.05. The number of ether oxygens (including phenoxy) is 1. The van der Waals surface area contributed by atoms with Crippen LogP contribution in [0.4, 0.5) is 11.4 Å². The fourth-order valence-corrected chi connectivity index (χ4v) is 2.52. The van der Waals surface area contributed by atoms with E-state index in [0.29, 0.717) is 34.1 Å². The Balaban J connectivity index is 2.27. The summed E-state index contributed by atoms with van der Waals surface area (Å²) < 4.78 is 5.96. The topological polar surface area (TPSA) is 67.4 Å². The Bertz CT molecular complexity index is 780. The minimum atomic E-state index is -0.367. The molecule has 0 heterocycles. The SMILES string of the molecule is CCC(=O)Nc1ccc(Cl)c(NC(=O)c2cc(Br)ccc2OC)c1. The predicted molar refractivity (Wildman–Crippen MR) is 99.0 cm³/mol. The van der Waals surface area contributed by atoms with Crippen LogP contribution in [-0.4, -0.2) is 18.9 Å². The van der Waals surface area contributed by atoms with Crippen molar-refractivity contribution in [3.8, 4) is 5.75 Å². The summed E-state index contributed by atoms with van der Waals surface area (Å²) in [5.41, 5.74) is 1.33. The van der Waals surface area contributed by atoms with Gasteiger partial charge in [0.1, 0.15) is 5.75 Å². The molecule has 0 radical (unpaired) electrons. The Kier molecular flexibility index (Phi) is 6.23. The van der Waals surface area contributed by atoms with E-state index in [4.69, 9.17) is 16.3 Å². The van der Waals surface area contributed by atoms with Crippen molar-refractivity contribution in [3.05, 3.63) is 51.5 Å². The number of anilines is 2. The van der Waals surface area contributed by atoms with Gasteiger partial charge in [0.05, 0.1) is 23.4 Å². The molecule has 0 spiro atoms. The maximum absolute atomic E-state index is 12.5. The third kappa shape index (κ3) is 4.49. The van der Waals surface area contributed by atoms with E-state index < -0.39 is 0 Å². The lowest BCUT2D eigenvalue weighted by molar-refractivity contribution is -0.115. The molecule has 0 aliphatic carbocycles. The monoisotopic (exact) mass is 410 g/mol. The van der Waals surface area contributed by atoms with Crippen molar-refractivity contribution < 1.29 is 14.3 Å². The van der Waals surface area contributed by atoms with E-state index in [2.05, 4.69) is 26.6 Å². The van der Waals surface area contributed by atoms with Gasteiger partial charge in [-0.3, -0.25) is 9.59 Å². The Morgan fingerprint density at radius 2 is 1.92 bits per heavy atom. The van der Waals surface area contributed by atoms with Gasteiger partial charge in [0.25, 0.3) is 5.91 Å². The molecular formula is C17H16BrClN2O3. The molecule has 0 aliphatic heterocycles. The molecule has 2 N–H and O–H groups in total. The maximum Gasteiger partial charge on any atom is 0.259 e. The van der Waals surface area contributed by atoms with Gasteiger partial charge in [-0.25, -0.2) is 0 Å². The molecule has 7 heteroatoms. The molecule has 0 aromatic heterocycles. The number of halogens is 2. The maximum atomic E-state index is 12.5. The molecule has 0 saturated carbocycles. The van der Waals surface area contributed by atoms with Crippen LogP contribution in [0.1, 0.15) is 23.7 Å². The molecule has 2 rings (SSSR count). The van der Waals surface area contributed by atoms with Crippen molar-refractivity contribution >= 4 is 50.7 Å². The molecule has 0 saturated heterocycles. The highest BCUT2D eigenvalue weighted by Gasteiger charge is 2.15. The van der Waals surface area contributed by atoms with Crippen LogP contribution in [-0.2, 0) is 4.79 Å². The number of nitrogens with one attached hydrogen (secondary N) is 2. The molecule has 0 fully saturated rings. The number of amides is 2. The summed E-state index contributed by atoms with van der Waals surface area (Å²) in [6.07, 6.45) is 0.361. The lowest BCUT2D eigenvalue weighted by Gasteiger charge is -2.12. The fraction of sp³-hybridized carbons (Fsp3) is 0.176. The van der Waals surface area contributed by atoms with Crippen molar-refractivity contribution in [2.75, 3.05) is 17.7 Å². The minimum Gasteiger partial charge on any atom is -0.496 e. The van der Waals surface area contributed by atoms with E-state index >= 15 is 0 Å². The number of hydrogen-bond acceptors (Lipinski definition) is 3. The van der Waals surface area contributed by atoms with Crippen LogP contribution in [0.15, 0.2) is 40.9 Å². The van der Waals surface area contributed by atoms with Crippen molar-refractivity contribution in [2.45, 2.75) is 13.3 Å². The minimum absolute atomic E-state index is 0.122. The van der Waals surface area contributed by atoms with Crippen molar-refractivity contribution in [3.63, 3.8) is 0 Å². The van der Waals surface area contributed by atoms with Gasteiger partial charge in [-0.05, 0) is 36.4 Å². The summed E-state index contributed by atoms with van der Waals surface area (Å²) in [6, 6.07) is 10.0. The third-order valence-electron chi connectivity index (χ3n) is 3.23. The van der Waals surface area contributed by atoms with Gasteiger partial charge in [-0.1, -0.05) is 34.5 Å². The highest BCUT2D eigenvalue weighted by molar-refractivity contribution is 9.10. The van der Waals surface area contributed by atoms with Crippen LogP contribution in [0.3, 0.4) is 0 Å². The van der Waals surface area contributed by atoms with Gasteiger partial charge in [-0.2, -0.15) is 0 Å². The van der Waals surface area contributed by atoms with Crippen molar-refractivity contribution in [1.82, 2.24) is 0 Å². The molecule has 2 aromatic rings. The first-order valence-electron chi connectivity index (χ1n) is 7.19. The van der Waals surface area contributed by atoms with E-state index in [1.165, 1.54) is 7.11 Å². The smallest absolute Gasteiger partial charge is 0.259 e. The number of benzene rings is 2. The van der Waals surface area contributed by atoms with Gasteiger partial charge in [0, 0.05) is 16.6 Å². The van der Waals surface area contributed by atoms with Gasteiger partial charge < -0.3 is 15.4 Å². The van der Waals surface area contributed by atoms with Gasteiger partial charge in [-0.15, -0.1) is 0 Å². The molecule has 0 unspecified atom stereocenters. The van der Waals surface area contributed by atoms with Crippen molar-refractivity contribution in [2.24, 2.45) is 0 Å². The summed E-state index contributed by atoms with van der Waals surface area (Å²) in [7, 11) is 1.49. The second-order valence-corrected chi connectivity index (χ2v) is 6.22. The molecular weight excluding hydrogens is 396 g/mol. The van der Waals surface area contributed by atoms with Crippen LogP contribution in [0.25, 0.3) is 0 Å². The summed E-state index contributed by atoms with van der Waals surface area (Å²) in [6.45, 7) is 1.76. The first-order chi connectivity index (χ1) is 11.4. The molecule has 5 nitrogen and oxygen atoms in total. The van der Waals surface area contributed by atoms with Gasteiger partial charge in [0.2, 0.25) is 5.91 Å². The average Bonchev–Trinajstić information content (AvgIpc) is 2.57. The van der Waals surface area contributed by atoms with Crippen LogP contribution in [0.2, 0.25) is 5.02 Å². The van der Waals surface area contributed by atoms with E-state index in [1.807, 2.05) is 0 Å². The van der Waals surface area contributed by atoms with E-state index in [0.717, 1.165) is 4.47 Å². The summed E-state index contributed by atoms with van der Waals surface area (Å²) in [5.74, 6) is -0.0421. The first kappa shape index (κ1) is 18.3. The fourth-order valence-electron chi connectivity index (χ4n) is 2.00. The largest absolute Gasteiger partial charge is 0.496 e. The summed E-state index contributed by atoms with van der Waals surface area (Å²) in [5, 5.41) is 5.83. The van der Waals surface area contributed by atoms with E-state index in [1.54, 1.807) is 43.3 Å². The molecule has 0 aliphatic rings. The lowest BCUT2D eigenvalue weighted by atomic mass is 10.1. The first-order valence-corrected chi connectivity index (χ1v) is 8.36. The highest BCUT2D eigenvalue weighted by atomic mass is 79.9. The van der Waals surface area contributed by atoms with Crippen LogP contribution < -0.4 is 15.4 Å². The normalized spacial score (nSPS) is 10.2. The second kappa shape index (κ2) is 8.17. The van der Waals surface area contributed by atoms with Gasteiger partial charge >= 0.3 is 0 Å². The number of hydrogen-bond donors (Lipinski definition) is 2. The summed E-state index contributed by atoms with van der Waals surface area (Å²) in [4.78, 5) is 24.0. The Hall–Kier alpha value is -2.05. The number of rotatable bonds is 5. The van der Waals surface area contributed by atoms with Crippen molar-refractivity contribution in [1.29, 1.82) is 0 Å². The zero-order chi connectivity index (χ0) is 17.7. The zero-order valence-electron chi connectivity index (χ0n) is 13.2. The Labute approximate surface area is 153 Å². The van der Waals surface area contributed by atoms with Crippen LogP contribution >= 0.6 is 27.5 Å². The Morgan fingerprint density at radius 3 is 2.58 bits per heavy atom. The average molecular weight is 412 g/mol. The Morgan fingerprint density at radius 1 is 1.17 bits per heavy atom. The predicted octanol–water partition coefficient (Wildman–Crippen LogP) is 4.71. The van der Waals surface area contributed by atoms with E-state index in [-0.39, 0.29) is 11.8 Å². The standard InChI is InChI=1S/C17H16BrClN2O3/c1-3-16(22)20-11-5-6-13(19)14(9-11)21-17(23)12-8-10(18)4-7-15(12)24-2/h4-9H,3H2,1-2H3,(H,20,22)(H,21,23).